The Morgan fingerprint density at radius 1 is 1.19 bits per heavy atom. The van der Waals surface area contributed by atoms with Crippen molar-refractivity contribution in [2.75, 3.05) is 13.7 Å². The normalized spacial score (nSPS) is 26.4. The number of nitrogens with zero attached hydrogens (tertiary/aromatic N) is 1. The molecule has 2 aliphatic rings. The Bertz CT molecular complexity index is 606. The van der Waals surface area contributed by atoms with E-state index >= 15 is 0 Å². The molecule has 3 rings (SSSR count). The number of piperidine rings is 1. The second-order valence-corrected chi connectivity index (χ2v) is 7.24. The zero-order valence-electron chi connectivity index (χ0n) is 15.8. The Hall–Kier alpha value is -1.96. The van der Waals surface area contributed by atoms with Gasteiger partial charge in [-0.3, -0.25) is 4.79 Å². The summed E-state index contributed by atoms with van der Waals surface area (Å²) in [6, 6.07) is 10.5. The molecule has 7 heteroatoms. The third-order valence-electron chi connectivity index (χ3n) is 5.36. The average molecular weight is 379 g/mol. The van der Waals surface area contributed by atoms with Crippen molar-refractivity contribution in [2.45, 2.75) is 62.8 Å². The van der Waals surface area contributed by atoms with Gasteiger partial charge in [0.25, 0.3) is 0 Å². The lowest BCUT2D eigenvalue weighted by atomic mass is 9.98. The molecule has 0 spiro atoms. The molecule has 1 aromatic rings. The van der Waals surface area contributed by atoms with Crippen LogP contribution in [0.3, 0.4) is 0 Å². The molecular formula is C20H29NO6. The fourth-order valence-electron chi connectivity index (χ4n) is 3.71. The number of ether oxygens (including phenoxy) is 1. The van der Waals surface area contributed by atoms with Crippen LogP contribution in [-0.2, 0) is 14.3 Å². The largest absolute Gasteiger partial charge is 0.479 e. The van der Waals surface area contributed by atoms with E-state index in [1.54, 1.807) is 0 Å². The van der Waals surface area contributed by atoms with E-state index in [2.05, 4.69) is 11.9 Å². The first-order valence-corrected chi connectivity index (χ1v) is 9.32. The molecule has 0 aromatic heterocycles. The minimum absolute atomic E-state index is 0.00367. The van der Waals surface area contributed by atoms with Crippen LogP contribution in [0.4, 0.5) is 0 Å². The molecule has 0 saturated carbocycles. The molecule has 1 aromatic carbocycles. The van der Waals surface area contributed by atoms with Crippen LogP contribution in [-0.4, -0.2) is 70.1 Å². The molecule has 0 aliphatic carbocycles. The topological polar surface area (TPSA) is 107 Å². The molecule has 7 nitrogen and oxygen atoms in total. The summed E-state index contributed by atoms with van der Waals surface area (Å²) in [4.78, 5) is 24.2. The Morgan fingerprint density at radius 3 is 2.15 bits per heavy atom. The Balaban J connectivity index is 0.000000380. The molecule has 2 saturated heterocycles. The Kier molecular flexibility index (Phi) is 7.77. The molecule has 2 fully saturated rings. The molecule has 2 heterocycles. The number of aliphatic hydroxyl groups is 2. The van der Waals surface area contributed by atoms with Crippen LogP contribution in [0.2, 0.25) is 0 Å². The van der Waals surface area contributed by atoms with Crippen LogP contribution >= 0.6 is 0 Å². The van der Waals surface area contributed by atoms with E-state index in [4.69, 9.17) is 14.9 Å². The number of aliphatic carboxylic acids is 1. The first-order chi connectivity index (χ1) is 12.8. The third-order valence-corrected chi connectivity index (χ3v) is 5.36. The molecular weight excluding hydrogens is 350 g/mol. The maximum atomic E-state index is 12.4. The van der Waals surface area contributed by atoms with Gasteiger partial charge in [0, 0.05) is 12.1 Å². The number of carbonyl (C=O) groups excluding carboxylic acids is 1. The number of rotatable bonds is 5. The van der Waals surface area contributed by atoms with Gasteiger partial charge >= 0.3 is 11.9 Å². The summed E-state index contributed by atoms with van der Waals surface area (Å²) < 4.78 is 5.70. The van der Waals surface area contributed by atoms with Crippen molar-refractivity contribution < 1.29 is 29.6 Å². The Morgan fingerprint density at radius 2 is 1.70 bits per heavy atom. The van der Waals surface area contributed by atoms with E-state index in [1.165, 1.54) is 19.8 Å². The van der Waals surface area contributed by atoms with Crippen molar-refractivity contribution in [3.8, 4) is 0 Å². The standard InChI is InChI=1S/C17H23NO3.C3H6O3/c1-18-13-7-8-14(18)10-15(9-13)21-17(20)16(11-19)12-5-3-2-4-6-12;1-2(4)3(5)6/h2-6,13-16,19H,7-11H2,1H3;2,4H,1H3,(H,5,6)/t13-,14+,15?,16?;. The molecule has 2 aliphatic heterocycles. The van der Waals surface area contributed by atoms with Crippen LogP contribution in [0.15, 0.2) is 30.3 Å². The first-order valence-electron chi connectivity index (χ1n) is 9.32. The number of carbonyl (C=O) groups is 2. The number of esters is 1. The van der Waals surface area contributed by atoms with Crippen molar-refractivity contribution in [1.82, 2.24) is 4.90 Å². The molecule has 2 bridgehead atoms. The summed E-state index contributed by atoms with van der Waals surface area (Å²) in [6.07, 6.45) is 3.03. The lowest BCUT2D eigenvalue weighted by Crippen LogP contribution is -2.43. The fraction of sp³-hybridized carbons (Fsp3) is 0.600. The van der Waals surface area contributed by atoms with E-state index in [0.717, 1.165) is 18.4 Å². The number of hydrogen-bond donors (Lipinski definition) is 3. The predicted molar refractivity (Wildman–Crippen MR) is 99.3 cm³/mol. The molecule has 3 unspecified atom stereocenters. The summed E-state index contributed by atoms with van der Waals surface area (Å²) in [5, 5.41) is 25.3. The zero-order chi connectivity index (χ0) is 20.0. The van der Waals surface area contributed by atoms with Gasteiger partial charge in [-0.25, -0.2) is 4.79 Å². The van der Waals surface area contributed by atoms with E-state index in [1.807, 2.05) is 30.3 Å². The monoisotopic (exact) mass is 379 g/mol. The molecule has 27 heavy (non-hydrogen) atoms. The number of fused-ring (bicyclic) bond motifs is 2. The number of aliphatic hydroxyl groups excluding tert-OH is 2. The van der Waals surface area contributed by atoms with Crippen molar-refractivity contribution >= 4 is 11.9 Å². The number of carboxylic acids is 1. The van der Waals surface area contributed by atoms with Crippen molar-refractivity contribution in [3.63, 3.8) is 0 Å². The number of benzene rings is 1. The third kappa shape index (κ3) is 5.76. The molecule has 3 N–H and O–H groups in total. The van der Waals surface area contributed by atoms with E-state index < -0.39 is 18.0 Å². The molecule has 5 atom stereocenters. The van der Waals surface area contributed by atoms with Crippen molar-refractivity contribution in [3.05, 3.63) is 35.9 Å². The van der Waals surface area contributed by atoms with Crippen molar-refractivity contribution in [2.24, 2.45) is 0 Å². The van der Waals surface area contributed by atoms with Gasteiger partial charge in [0.1, 0.15) is 18.1 Å². The number of carboxylic acid groups (broad SMARTS) is 1. The predicted octanol–water partition coefficient (Wildman–Crippen LogP) is 1.38. The summed E-state index contributed by atoms with van der Waals surface area (Å²) >= 11 is 0. The summed E-state index contributed by atoms with van der Waals surface area (Å²) in [6.45, 7) is 0.991. The average Bonchev–Trinajstić information content (AvgIpc) is 2.84. The van der Waals surface area contributed by atoms with Gasteiger partial charge in [-0.2, -0.15) is 0 Å². The van der Waals surface area contributed by atoms with E-state index in [0.29, 0.717) is 12.1 Å². The van der Waals surface area contributed by atoms with Gasteiger partial charge in [-0.15, -0.1) is 0 Å². The van der Waals surface area contributed by atoms with Gasteiger partial charge in [0.05, 0.1) is 6.61 Å². The number of hydrogen-bond acceptors (Lipinski definition) is 6. The minimum Gasteiger partial charge on any atom is -0.479 e. The van der Waals surface area contributed by atoms with Gasteiger partial charge in [-0.1, -0.05) is 30.3 Å². The van der Waals surface area contributed by atoms with Crippen LogP contribution in [0.25, 0.3) is 0 Å². The maximum absolute atomic E-state index is 12.4. The van der Waals surface area contributed by atoms with Gasteiger partial charge in [0.2, 0.25) is 0 Å². The van der Waals surface area contributed by atoms with Crippen LogP contribution < -0.4 is 0 Å². The second kappa shape index (κ2) is 9.82. The van der Waals surface area contributed by atoms with E-state index in [-0.39, 0.29) is 18.7 Å². The summed E-state index contributed by atoms with van der Waals surface area (Å²) in [5.74, 6) is -2.05. The maximum Gasteiger partial charge on any atom is 0.332 e. The van der Waals surface area contributed by atoms with Crippen LogP contribution in [0.5, 0.6) is 0 Å². The van der Waals surface area contributed by atoms with Gasteiger partial charge < -0.3 is 25.0 Å². The summed E-state index contributed by atoms with van der Waals surface area (Å²) in [7, 11) is 2.17. The second-order valence-electron chi connectivity index (χ2n) is 7.24. The molecule has 150 valence electrons. The highest BCUT2D eigenvalue weighted by Gasteiger charge is 2.40. The Labute approximate surface area is 159 Å². The molecule has 0 amide bonds. The highest BCUT2D eigenvalue weighted by Crippen LogP contribution is 2.36. The lowest BCUT2D eigenvalue weighted by molar-refractivity contribution is -0.155. The smallest absolute Gasteiger partial charge is 0.332 e. The fourth-order valence-corrected chi connectivity index (χ4v) is 3.71. The lowest BCUT2D eigenvalue weighted by Gasteiger charge is -2.36. The van der Waals surface area contributed by atoms with Crippen LogP contribution in [0, 0.1) is 0 Å². The van der Waals surface area contributed by atoms with Crippen LogP contribution in [0.1, 0.15) is 44.1 Å². The first kappa shape index (κ1) is 21.3. The zero-order valence-corrected chi connectivity index (χ0v) is 15.8. The quantitative estimate of drug-likeness (QED) is 0.664. The minimum atomic E-state index is -1.23. The molecule has 0 radical (unpaired) electrons. The highest BCUT2D eigenvalue weighted by molar-refractivity contribution is 5.78. The highest BCUT2D eigenvalue weighted by atomic mass is 16.5. The van der Waals surface area contributed by atoms with E-state index in [9.17, 15) is 14.7 Å². The van der Waals surface area contributed by atoms with Crippen molar-refractivity contribution in [1.29, 1.82) is 0 Å². The summed E-state index contributed by atoms with van der Waals surface area (Å²) in [5.41, 5.74) is 0.820. The SMILES string of the molecule is CC(O)C(=O)O.CN1[C@@H]2CC[C@H]1CC(OC(=O)C(CO)c1ccccc1)C2. The van der Waals surface area contributed by atoms with Gasteiger partial charge in [0.15, 0.2) is 0 Å². The van der Waals surface area contributed by atoms with Gasteiger partial charge in [-0.05, 0) is 45.2 Å².